The van der Waals surface area contributed by atoms with E-state index >= 15 is 0 Å². The molecule has 172 valence electrons. The van der Waals surface area contributed by atoms with E-state index in [4.69, 9.17) is 14.2 Å². The Morgan fingerprint density at radius 1 is 0.941 bits per heavy atom. The minimum atomic E-state index is -0.394. The van der Waals surface area contributed by atoms with Gasteiger partial charge in [0, 0.05) is 23.3 Å². The molecule has 34 heavy (non-hydrogen) atoms. The Hall–Kier alpha value is -4.40. The molecule has 2 aromatic heterocycles. The van der Waals surface area contributed by atoms with E-state index in [1.807, 2.05) is 43.3 Å². The fourth-order valence-electron chi connectivity index (χ4n) is 3.84. The normalized spacial score (nSPS) is 12.2. The maximum Gasteiger partial charge on any atom is 0.224 e. The Balaban J connectivity index is 1.33. The van der Waals surface area contributed by atoms with Gasteiger partial charge in [0.2, 0.25) is 5.88 Å². The van der Waals surface area contributed by atoms with Crippen molar-refractivity contribution >= 4 is 17.7 Å². The van der Waals surface area contributed by atoms with Crippen molar-refractivity contribution in [3.63, 3.8) is 0 Å². The molecular weight excluding hydrogens is 437 g/mol. The molecule has 0 atom stereocenters. The molecule has 8 nitrogen and oxygen atoms in total. The molecule has 0 amide bonds. The van der Waals surface area contributed by atoms with Gasteiger partial charge in [-0.25, -0.2) is 14.4 Å². The van der Waals surface area contributed by atoms with Gasteiger partial charge in [-0.05, 0) is 43.2 Å². The lowest BCUT2D eigenvalue weighted by Crippen LogP contribution is -1.98. The lowest BCUT2D eigenvalue weighted by molar-refractivity contribution is 0.355. The lowest BCUT2D eigenvalue weighted by atomic mass is 10.1. The maximum absolute atomic E-state index is 14.9. The third kappa shape index (κ3) is 4.15. The quantitative estimate of drug-likeness (QED) is 0.376. The minimum Gasteiger partial charge on any atom is -0.493 e. The van der Waals surface area contributed by atoms with Crippen molar-refractivity contribution in [2.75, 3.05) is 19.5 Å². The molecule has 0 spiro atoms. The molecule has 0 bridgehead atoms. The standard InChI is InChI=1S/C25H22FN5O3/c1-14-8-15-4-7-20(25(26)17(15)9-14)34-24-12-22(27-13-28-24)29-23-11-18(30-31-23)16-5-6-19(32-2)21(10-16)33-3/h4-7,9-13H,8H2,1-3H3,(H2,27,28,29,30,31). The second-order valence-corrected chi connectivity index (χ2v) is 7.82. The number of aromatic nitrogens is 4. The Labute approximate surface area is 195 Å². The molecule has 1 aliphatic rings. The SMILES string of the molecule is COc1ccc(-c2cc(Nc3cc(Oc4ccc5c(c4F)C=C(C)C5)ncn3)n[nH]2)cc1OC. The zero-order valence-electron chi connectivity index (χ0n) is 18.8. The Morgan fingerprint density at radius 2 is 1.76 bits per heavy atom. The highest BCUT2D eigenvalue weighted by Gasteiger charge is 2.18. The number of aromatic amines is 1. The topological polar surface area (TPSA) is 94.2 Å². The van der Waals surface area contributed by atoms with Crippen LogP contribution in [0.15, 0.2) is 54.4 Å². The number of anilines is 2. The largest absolute Gasteiger partial charge is 0.493 e. The van der Waals surface area contributed by atoms with Gasteiger partial charge in [0.05, 0.1) is 19.9 Å². The molecule has 2 aromatic carbocycles. The van der Waals surface area contributed by atoms with E-state index in [1.165, 1.54) is 6.33 Å². The summed E-state index contributed by atoms with van der Waals surface area (Å²) in [4.78, 5) is 8.31. The number of H-pyrrole nitrogens is 1. The Bertz CT molecular complexity index is 1400. The summed E-state index contributed by atoms with van der Waals surface area (Å²) in [6.45, 7) is 1.98. The van der Waals surface area contributed by atoms with E-state index in [1.54, 1.807) is 26.4 Å². The van der Waals surface area contributed by atoms with Gasteiger partial charge in [0.1, 0.15) is 12.1 Å². The summed E-state index contributed by atoms with van der Waals surface area (Å²) in [5.41, 5.74) is 4.29. The molecule has 0 fully saturated rings. The van der Waals surface area contributed by atoms with Crippen molar-refractivity contribution in [2.45, 2.75) is 13.3 Å². The molecular formula is C25H22FN5O3. The summed E-state index contributed by atoms with van der Waals surface area (Å²) in [5, 5.41) is 10.4. The first-order valence-corrected chi connectivity index (χ1v) is 10.6. The van der Waals surface area contributed by atoms with Crippen molar-refractivity contribution in [3.05, 3.63) is 71.3 Å². The monoisotopic (exact) mass is 459 g/mol. The van der Waals surface area contributed by atoms with Gasteiger partial charge < -0.3 is 19.5 Å². The third-order valence-electron chi connectivity index (χ3n) is 5.48. The number of nitrogens with zero attached hydrogens (tertiary/aromatic N) is 3. The first-order chi connectivity index (χ1) is 16.5. The predicted octanol–water partition coefficient (Wildman–Crippen LogP) is 5.52. The summed E-state index contributed by atoms with van der Waals surface area (Å²) < 4.78 is 31.3. The number of benzene rings is 2. The molecule has 1 aliphatic carbocycles. The van der Waals surface area contributed by atoms with Crippen molar-refractivity contribution in [2.24, 2.45) is 0 Å². The van der Waals surface area contributed by atoms with E-state index in [-0.39, 0.29) is 11.6 Å². The van der Waals surface area contributed by atoms with E-state index < -0.39 is 5.82 Å². The Kier molecular flexibility index (Phi) is 5.59. The number of hydrogen-bond acceptors (Lipinski definition) is 7. The number of ether oxygens (including phenoxy) is 3. The number of fused-ring (bicyclic) bond motifs is 1. The molecule has 9 heteroatoms. The van der Waals surface area contributed by atoms with Crippen LogP contribution in [0.25, 0.3) is 17.3 Å². The van der Waals surface area contributed by atoms with E-state index in [2.05, 4.69) is 25.5 Å². The van der Waals surface area contributed by atoms with E-state index in [0.29, 0.717) is 28.7 Å². The number of methoxy groups -OCH3 is 2. The number of nitrogens with one attached hydrogen (secondary N) is 2. The van der Waals surface area contributed by atoms with Crippen LogP contribution < -0.4 is 19.5 Å². The molecule has 0 saturated heterocycles. The first kappa shape index (κ1) is 21.4. The van der Waals surface area contributed by atoms with Crippen LogP contribution in [0.1, 0.15) is 18.1 Å². The third-order valence-corrected chi connectivity index (χ3v) is 5.48. The van der Waals surface area contributed by atoms with Gasteiger partial charge in [-0.3, -0.25) is 5.10 Å². The van der Waals surface area contributed by atoms with Crippen LogP contribution in [0.5, 0.6) is 23.1 Å². The fourth-order valence-corrected chi connectivity index (χ4v) is 3.84. The predicted molar refractivity (Wildman–Crippen MR) is 126 cm³/mol. The Morgan fingerprint density at radius 3 is 2.59 bits per heavy atom. The number of halogens is 1. The van der Waals surface area contributed by atoms with Crippen LogP contribution in [-0.2, 0) is 6.42 Å². The molecule has 4 aromatic rings. The van der Waals surface area contributed by atoms with Gasteiger partial charge >= 0.3 is 0 Å². The summed E-state index contributed by atoms with van der Waals surface area (Å²) in [5.74, 6) is 2.19. The molecule has 2 heterocycles. The highest BCUT2D eigenvalue weighted by atomic mass is 19.1. The van der Waals surface area contributed by atoms with E-state index in [0.717, 1.165) is 28.8 Å². The van der Waals surface area contributed by atoms with Crippen LogP contribution in [0.4, 0.5) is 16.0 Å². The number of hydrogen-bond donors (Lipinski definition) is 2. The van der Waals surface area contributed by atoms with Gasteiger partial charge in [0.15, 0.2) is 28.9 Å². The second kappa shape index (κ2) is 8.86. The fraction of sp³-hybridized carbons (Fsp3) is 0.160. The van der Waals surface area contributed by atoms with Gasteiger partial charge in [-0.2, -0.15) is 5.10 Å². The van der Waals surface area contributed by atoms with E-state index in [9.17, 15) is 4.39 Å². The first-order valence-electron chi connectivity index (χ1n) is 10.6. The van der Waals surface area contributed by atoms with Crippen LogP contribution in [0.2, 0.25) is 0 Å². The summed E-state index contributed by atoms with van der Waals surface area (Å²) in [6.07, 6.45) is 3.94. The number of allylic oxidation sites excluding steroid dienone is 1. The smallest absolute Gasteiger partial charge is 0.224 e. The number of rotatable bonds is 7. The highest BCUT2D eigenvalue weighted by Crippen LogP contribution is 2.35. The van der Waals surface area contributed by atoms with Crippen molar-refractivity contribution in [1.82, 2.24) is 20.2 Å². The summed E-state index contributed by atoms with van der Waals surface area (Å²) >= 11 is 0. The van der Waals surface area contributed by atoms with Gasteiger partial charge in [0.25, 0.3) is 0 Å². The summed E-state index contributed by atoms with van der Waals surface area (Å²) in [6, 6.07) is 12.5. The molecule has 0 aliphatic heterocycles. The minimum absolute atomic E-state index is 0.116. The van der Waals surface area contributed by atoms with Gasteiger partial charge in [-0.1, -0.05) is 17.7 Å². The summed E-state index contributed by atoms with van der Waals surface area (Å²) in [7, 11) is 3.18. The average Bonchev–Trinajstić information content (AvgIpc) is 3.47. The van der Waals surface area contributed by atoms with Gasteiger partial charge in [-0.15, -0.1) is 0 Å². The van der Waals surface area contributed by atoms with Crippen LogP contribution in [0.3, 0.4) is 0 Å². The van der Waals surface area contributed by atoms with Crippen LogP contribution in [-0.4, -0.2) is 34.4 Å². The zero-order valence-corrected chi connectivity index (χ0v) is 18.8. The second-order valence-electron chi connectivity index (χ2n) is 7.82. The molecule has 0 radical (unpaired) electrons. The molecule has 0 unspecified atom stereocenters. The van der Waals surface area contributed by atoms with Crippen molar-refractivity contribution in [1.29, 1.82) is 0 Å². The zero-order chi connectivity index (χ0) is 23.7. The van der Waals surface area contributed by atoms with Crippen molar-refractivity contribution < 1.29 is 18.6 Å². The maximum atomic E-state index is 14.9. The van der Waals surface area contributed by atoms with Crippen LogP contribution in [0, 0.1) is 5.82 Å². The van der Waals surface area contributed by atoms with Crippen LogP contribution >= 0.6 is 0 Å². The molecule has 5 rings (SSSR count). The van der Waals surface area contributed by atoms with Crippen molar-refractivity contribution in [3.8, 4) is 34.4 Å². The lowest BCUT2D eigenvalue weighted by Gasteiger charge is -2.09. The highest BCUT2D eigenvalue weighted by molar-refractivity contribution is 5.68. The average molecular weight is 459 g/mol. The molecule has 2 N–H and O–H groups in total. The molecule has 0 saturated carbocycles.